The average Bonchev–Trinajstić information content (AvgIpc) is 2.31. The maximum absolute atomic E-state index is 6.09. The Labute approximate surface area is 118 Å². The summed E-state index contributed by atoms with van der Waals surface area (Å²) < 4.78 is 5.95. The van der Waals surface area contributed by atoms with Gasteiger partial charge in [-0.15, -0.1) is 0 Å². The molecule has 0 amide bonds. The lowest BCUT2D eigenvalue weighted by Gasteiger charge is -2.32. The Hall–Kier alpha value is -0.380. The zero-order valence-corrected chi connectivity index (χ0v) is 12.9. The Kier molecular flexibility index (Phi) is 7.66. The summed E-state index contributed by atoms with van der Waals surface area (Å²) in [6.07, 6.45) is 9.08. The number of hydrogen-bond donors (Lipinski definition) is 2. The van der Waals surface area contributed by atoms with Crippen molar-refractivity contribution in [1.29, 1.82) is 0 Å². The van der Waals surface area contributed by atoms with Gasteiger partial charge in [-0.05, 0) is 58.3 Å². The third kappa shape index (κ3) is 7.09. The molecule has 0 saturated heterocycles. The van der Waals surface area contributed by atoms with E-state index in [4.69, 9.17) is 16.2 Å². The van der Waals surface area contributed by atoms with E-state index >= 15 is 0 Å². The van der Waals surface area contributed by atoms with Crippen LogP contribution in [-0.4, -0.2) is 24.8 Å². The standard InChI is InChI=1S/C16H32N2O/c1-12(2)5-4-6-13(3)9-10-19-16-8-7-14(17)11-15(16)18/h5,13-16H,4,6-11,17-18H2,1-3H3. The molecule has 0 aromatic rings. The summed E-state index contributed by atoms with van der Waals surface area (Å²) in [7, 11) is 0. The van der Waals surface area contributed by atoms with Crippen molar-refractivity contribution in [3.05, 3.63) is 11.6 Å². The summed E-state index contributed by atoms with van der Waals surface area (Å²) in [5.41, 5.74) is 13.4. The highest BCUT2D eigenvalue weighted by Gasteiger charge is 2.26. The number of rotatable bonds is 7. The van der Waals surface area contributed by atoms with Gasteiger partial charge in [0.15, 0.2) is 0 Å². The summed E-state index contributed by atoms with van der Waals surface area (Å²) in [4.78, 5) is 0. The van der Waals surface area contributed by atoms with Crippen LogP contribution in [0.1, 0.15) is 59.3 Å². The van der Waals surface area contributed by atoms with E-state index in [-0.39, 0.29) is 18.2 Å². The quantitative estimate of drug-likeness (QED) is 0.698. The van der Waals surface area contributed by atoms with E-state index in [0.29, 0.717) is 0 Å². The lowest BCUT2D eigenvalue weighted by molar-refractivity contribution is 0.00589. The SMILES string of the molecule is CC(C)=CCCC(C)CCOC1CCC(N)CC1N. The first-order chi connectivity index (χ1) is 8.99. The number of ether oxygens (including phenoxy) is 1. The molecule has 19 heavy (non-hydrogen) atoms. The largest absolute Gasteiger partial charge is 0.377 e. The van der Waals surface area contributed by atoms with Crippen LogP contribution in [0.4, 0.5) is 0 Å². The van der Waals surface area contributed by atoms with Crippen LogP contribution >= 0.6 is 0 Å². The predicted octanol–water partition coefficient (Wildman–Crippen LogP) is 2.98. The molecule has 0 spiro atoms. The molecular formula is C16H32N2O. The Morgan fingerprint density at radius 1 is 1.26 bits per heavy atom. The molecule has 112 valence electrons. The smallest absolute Gasteiger partial charge is 0.0727 e. The molecular weight excluding hydrogens is 236 g/mol. The van der Waals surface area contributed by atoms with Gasteiger partial charge in [0, 0.05) is 18.7 Å². The predicted molar refractivity (Wildman–Crippen MR) is 82.0 cm³/mol. The van der Waals surface area contributed by atoms with Gasteiger partial charge in [0.1, 0.15) is 0 Å². The zero-order chi connectivity index (χ0) is 14.3. The highest BCUT2D eigenvalue weighted by molar-refractivity contribution is 4.92. The van der Waals surface area contributed by atoms with E-state index in [1.54, 1.807) is 0 Å². The molecule has 1 rings (SSSR count). The molecule has 3 heteroatoms. The first kappa shape index (κ1) is 16.7. The molecule has 0 radical (unpaired) electrons. The normalized spacial score (nSPS) is 29.0. The molecule has 0 aromatic heterocycles. The highest BCUT2D eigenvalue weighted by atomic mass is 16.5. The van der Waals surface area contributed by atoms with E-state index in [9.17, 15) is 0 Å². The van der Waals surface area contributed by atoms with Crippen molar-refractivity contribution >= 4 is 0 Å². The molecule has 0 heterocycles. The molecule has 0 bridgehead atoms. The fraction of sp³-hybridized carbons (Fsp3) is 0.875. The van der Waals surface area contributed by atoms with Crippen LogP contribution in [0.2, 0.25) is 0 Å². The first-order valence-corrected chi connectivity index (χ1v) is 7.75. The van der Waals surface area contributed by atoms with Crippen molar-refractivity contribution in [2.24, 2.45) is 17.4 Å². The Bertz CT molecular complexity index is 274. The van der Waals surface area contributed by atoms with Crippen molar-refractivity contribution in [2.75, 3.05) is 6.61 Å². The molecule has 1 aliphatic carbocycles. The Morgan fingerprint density at radius 3 is 2.63 bits per heavy atom. The van der Waals surface area contributed by atoms with Gasteiger partial charge in [-0.3, -0.25) is 0 Å². The van der Waals surface area contributed by atoms with Crippen molar-refractivity contribution < 1.29 is 4.74 Å². The molecule has 0 aromatic carbocycles. The monoisotopic (exact) mass is 268 g/mol. The van der Waals surface area contributed by atoms with Gasteiger partial charge in [0.25, 0.3) is 0 Å². The lowest BCUT2D eigenvalue weighted by Crippen LogP contribution is -2.46. The summed E-state index contributed by atoms with van der Waals surface area (Å²) >= 11 is 0. The number of nitrogens with two attached hydrogens (primary N) is 2. The molecule has 3 nitrogen and oxygen atoms in total. The minimum Gasteiger partial charge on any atom is -0.377 e. The molecule has 1 saturated carbocycles. The minimum atomic E-state index is 0.129. The van der Waals surface area contributed by atoms with Crippen LogP contribution in [0.5, 0.6) is 0 Å². The van der Waals surface area contributed by atoms with Crippen molar-refractivity contribution in [1.82, 2.24) is 0 Å². The second-order valence-electron chi connectivity index (χ2n) is 6.40. The maximum Gasteiger partial charge on any atom is 0.0727 e. The molecule has 0 aliphatic heterocycles. The topological polar surface area (TPSA) is 61.3 Å². The lowest BCUT2D eigenvalue weighted by atomic mass is 9.89. The molecule has 1 aliphatic rings. The zero-order valence-electron chi connectivity index (χ0n) is 12.9. The van der Waals surface area contributed by atoms with E-state index in [1.165, 1.54) is 18.4 Å². The van der Waals surface area contributed by atoms with Crippen molar-refractivity contribution in [2.45, 2.75) is 77.5 Å². The second kappa shape index (κ2) is 8.72. The summed E-state index contributed by atoms with van der Waals surface area (Å²) in [5.74, 6) is 0.720. The van der Waals surface area contributed by atoms with Gasteiger partial charge in [-0.2, -0.15) is 0 Å². The van der Waals surface area contributed by atoms with Crippen LogP contribution in [0.25, 0.3) is 0 Å². The number of hydrogen-bond acceptors (Lipinski definition) is 3. The summed E-state index contributed by atoms with van der Waals surface area (Å²) in [6, 6.07) is 0.405. The molecule has 4 atom stereocenters. The minimum absolute atomic E-state index is 0.129. The van der Waals surface area contributed by atoms with Crippen LogP contribution in [0.15, 0.2) is 11.6 Å². The van der Waals surface area contributed by atoms with Crippen LogP contribution < -0.4 is 11.5 Å². The van der Waals surface area contributed by atoms with Gasteiger partial charge in [-0.1, -0.05) is 18.6 Å². The van der Waals surface area contributed by atoms with E-state index in [2.05, 4.69) is 26.8 Å². The van der Waals surface area contributed by atoms with Crippen LogP contribution in [0.3, 0.4) is 0 Å². The average molecular weight is 268 g/mol. The van der Waals surface area contributed by atoms with Gasteiger partial charge in [0.05, 0.1) is 6.10 Å². The number of allylic oxidation sites excluding steroid dienone is 2. The van der Waals surface area contributed by atoms with Crippen molar-refractivity contribution in [3.8, 4) is 0 Å². The Morgan fingerprint density at radius 2 is 2.00 bits per heavy atom. The van der Waals surface area contributed by atoms with Gasteiger partial charge >= 0.3 is 0 Å². The van der Waals surface area contributed by atoms with Crippen LogP contribution in [0, 0.1) is 5.92 Å². The highest BCUT2D eigenvalue weighted by Crippen LogP contribution is 2.20. The fourth-order valence-electron chi connectivity index (χ4n) is 2.64. The molecule has 1 fully saturated rings. The van der Waals surface area contributed by atoms with Crippen LogP contribution in [-0.2, 0) is 4.74 Å². The van der Waals surface area contributed by atoms with Gasteiger partial charge in [-0.25, -0.2) is 0 Å². The third-order valence-electron chi connectivity index (χ3n) is 4.03. The van der Waals surface area contributed by atoms with E-state index < -0.39 is 0 Å². The second-order valence-corrected chi connectivity index (χ2v) is 6.40. The van der Waals surface area contributed by atoms with Crippen molar-refractivity contribution in [3.63, 3.8) is 0 Å². The molecule has 4 unspecified atom stereocenters. The molecule has 4 N–H and O–H groups in total. The Balaban J connectivity index is 2.11. The summed E-state index contributed by atoms with van der Waals surface area (Å²) in [5, 5.41) is 0. The summed E-state index contributed by atoms with van der Waals surface area (Å²) in [6.45, 7) is 7.45. The fourth-order valence-corrected chi connectivity index (χ4v) is 2.64. The van der Waals surface area contributed by atoms with Gasteiger partial charge in [0.2, 0.25) is 0 Å². The van der Waals surface area contributed by atoms with E-state index in [1.807, 2.05) is 0 Å². The maximum atomic E-state index is 6.09. The third-order valence-corrected chi connectivity index (χ3v) is 4.03. The van der Waals surface area contributed by atoms with E-state index in [0.717, 1.165) is 38.2 Å². The van der Waals surface area contributed by atoms with Gasteiger partial charge < -0.3 is 16.2 Å². The first-order valence-electron chi connectivity index (χ1n) is 7.75.